The summed E-state index contributed by atoms with van der Waals surface area (Å²) in [7, 11) is 0. The molecule has 2 heterocycles. The molecule has 0 amide bonds. The van der Waals surface area contributed by atoms with Crippen LogP contribution in [-0.2, 0) is 0 Å². The van der Waals surface area contributed by atoms with Gasteiger partial charge in [-0.3, -0.25) is 0 Å². The zero-order valence-corrected chi connectivity index (χ0v) is 8.64. The number of rotatable bonds is 1. The molecule has 0 aliphatic heterocycles. The molecule has 0 fully saturated rings. The van der Waals surface area contributed by atoms with E-state index in [1.807, 2.05) is 0 Å². The largest absolute Gasteiger partial charge is 0.217 e. The van der Waals surface area contributed by atoms with Gasteiger partial charge in [0.05, 0.1) is 0 Å². The van der Waals surface area contributed by atoms with E-state index in [9.17, 15) is 4.39 Å². The molecule has 0 saturated heterocycles. The molecular formula is C7H3BrFN3S. The molecule has 0 aliphatic carbocycles. The lowest BCUT2D eigenvalue weighted by Crippen LogP contribution is -1.85. The molecule has 2 aromatic heterocycles. The molecule has 0 radical (unpaired) electrons. The molecule has 0 atom stereocenters. The zero-order valence-electron chi connectivity index (χ0n) is 6.24. The third-order valence-corrected chi connectivity index (χ3v) is 2.71. The Bertz CT molecular complexity index is 431. The molecule has 0 spiro atoms. The maximum atomic E-state index is 12.7. The van der Waals surface area contributed by atoms with Crippen LogP contribution in [0, 0.1) is 5.95 Å². The summed E-state index contributed by atoms with van der Waals surface area (Å²) in [6.07, 6.45) is 0. The average Bonchev–Trinajstić information content (AvgIpc) is 2.52. The van der Waals surface area contributed by atoms with E-state index in [0.29, 0.717) is 14.6 Å². The summed E-state index contributed by atoms with van der Waals surface area (Å²) in [5.41, 5.74) is 0.503. The summed E-state index contributed by atoms with van der Waals surface area (Å²) in [6, 6.07) is 4.57. The standard InChI is InChI=1S/C7H3BrFN3S/c8-7-12-11-6(13-7)4-2-1-3-5(9)10-4/h1-3H. The smallest absolute Gasteiger partial charge is 0.213 e. The van der Waals surface area contributed by atoms with Crippen molar-refractivity contribution in [2.24, 2.45) is 0 Å². The highest BCUT2D eigenvalue weighted by Gasteiger charge is 2.06. The second-order valence-electron chi connectivity index (χ2n) is 2.21. The molecule has 66 valence electrons. The Hall–Kier alpha value is -0.880. The van der Waals surface area contributed by atoms with Crippen LogP contribution in [-0.4, -0.2) is 15.2 Å². The highest BCUT2D eigenvalue weighted by atomic mass is 79.9. The number of hydrogen-bond acceptors (Lipinski definition) is 4. The Labute approximate surface area is 85.8 Å². The third-order valence-electron chi connectivity index (χ3n) is 1.33. The van der Waals surface area contributed by atoms with Gasteiger partial charge in [0.2, 0.25) is 5.95 Å². The summed E-state index contributed by atoms with van der Waals surface area (Å²) < 4.78 is 13.4. The fourth-order valence-electron chi connectivity index (χ4n) is 0.836. The van der Waals surface area contributed by atoms with Crippen LogP contribution >= 0.6 is 27.3 Å². The van der Waals surface area contributed by atoms with Crippen molar-refractivity contribution in [1.29, 1.82) is 0 Å². The first-order valence-electron chi connectivity index (χ1n) is 3.37. The average molecular weight is 260 g/mol. The van der Waals surface area contributed by atoms with Gasteiger partial charge in [-0.15, -0.1) is 10.2 Å². The summed E-state index contributed by atoms with van der Waals surface area (Å²) in [5.74, 6) is -0.510. The van der Waals surface area contributed by atoms with Gasteiger partial charge in [-0.05, 0) is 28.1 Å². The van der Waals surface area contributed by atoms with Crippen LogP contribution in [0.2, 0.25) is 0 Å². The molecule has 0 unspecified atom stereocenters. The van der Waals surface area contributed by atoms with E-state index in [1.54, 1.807) is 12.1 Å². The highest BCUT2D eigenvalue weighted by molar-refractivity contribution is 9.11. The topological polar surface area (TPSA) is 38.7 Å². The molecule has 0 bridgehead atoms. The van der Waals surface area contributed by atoms with Crippen LogP contribution in [0.5, 0.6) is 0 Å². The van der Waals surface area contributed by atoms with Crippen LogP contribution in [0.15, 0.2) is 22.1 Å². The van der Waals surface area contributed by atoms with Crippen molar-refractivity contribution < 1.29 is 4.39 Å². The van der Waals surface area contributed by atoms with Crippen molar-refractivity contribution in [3.63, 3.8) is 0 Å². The lowest BCUT2D eigenvalue weighted by Gasteiger charge is -1.92. The SMILES string of the molecule is Fc1cccc(-c2nnc(Br)s2)n1. The molecule has 13 heavy (non-hydrogen) atoms. The maximum absolute atomic E-state index is 12.7. The first kappa shape index (κ1) is 8.71. The zero-order chi connectivity index (χ0) is 9.26. The summed E-state index contributed by atoms with van der Waals surface area (Å²) in [4.78, 5) is 3.68. The van der Waals surface area contributed by atoms with Crippen LogP contribution in [0.4, 0.5) is 4.39 Å². The Morgan fingerprint density at radius 1 is 1.31 bits per heavy atom. The van der Waals surface area contributed by atoms with Gasteiger partial charge >= 0.3 is 0 Å². The van der Waals surface area contributed by atoms with E-state index in [-0.39, 0.29) is 0 Å². The molecule has 2 rings (SSSR count). The Balaban J connectivity index is 2.46. The normalized spacial score (nSPS) is 10.3. The van der Waals surface area contributed by atoms with Crippen molar-refractivity contribution in [1.82, 2.24) is 15.2 Å². The molecule has 3 nitrogen and oxygen atoms in total. The van der Waals surface area contributed by atoms with Crippen molar-refractivity contribution in [3.8, 4) is 10.7 Å². The molecule has 0 N–H and O–H groups in total. The van der Waals surface area contributed by atoms with Crippen molar-refractivity contribution in [2.75, 3.05) is 0 Å². The van der Waals surface area contributed by atoms with Crippen molar-refractivity contribution in [3.05, 3.63) is 28.1 Å². The first-order chi connectivity index (χ1) is 6.25. The predicted molar refractivity (Wildman–Crippen MR) is 50.8 cm³/mol. The predicted octanol–water partition coefficient (Wildman–Crippen LogP) is 2.50. The fourth-order valence-corrected chi connectivity index (χ4v) is 1.92. The molecular weight excluding hydrogens is 257 g/mol. The van der Waals surface area contributed by atoms with Crippen molar-refractivity contribution >= 4 is 27.3 Å². The van der Waals surface area contributed by atoms with Crippen molar-refractivity contribution in [2.45, 2.75) is 0 Å². The second kappa shape index (κ2) is 3.47. The minimum atomic E-state index is -0.510. The summed E-state index contributed by atoms with van der Waals surface area (Å²) in [5, 5.41) is 8.17. The Morgan fingerprint density at radius 2 is 2.15 bits per heavy atom. The molecule has 0 aliphatic rings. The quantitative estimate of drug-likeness (QED) is 0.739. The van der Waals surface area contributed by atoms with Gasteiger partial charge in [-0.1, -0.05) is 17.4 Å². The van der Waals surface area contributed by atoms with Crippen LogP contribution in [0.1, 0.15) is 0 Å². The van der Waals surface area contributed by atoms with Gasteiger partial charge in [0.15, 0.2) is 8.92 Å². The first-order valence-corrected chi connectivity index (χ1v) is 4.98. The monoisotopic (exact) mass is 259 g/mol. The Kier molecular flexibility index (Phi) is 2.32. The number of aromatic nitrogens is 3. The lowest BCUT2D eigenvalue weighted by atomic mass is 10.4. The van der Waals surface area contributed by atoms with Crippen LogP contribution in [0.25, 0.3) is 10.7 Å². The van der Waals surface area contributed by atoms with Gasteiger partial charge in [-0.2, -0.15) is 4.39 Å². The van der Waals surface area contributed by atoms with Gasteiger partial charge in [0.25, 0.3) is 0 Å². The highest BCUT2D eigenvalue weighted by Crippen LogP contribution is 2.24. The second-order valence-corrected chi connectivity index (χ2v) is 4.46. The van der Waals surface area contributed by atoms with Gasteiger partial charge < -0.3 is 0 Å². The molecule has 0 saturated carbocycles. The van der Waals surface area contributed by atoms with Gasteiger partial charge in [-0.25, -0.2) is 4.98 Å². The van der Waals surface area contributed by atoms with E-state index in [4.69, 9.17) is 0 Å². The van der Waals surface area contributed by atoms with Gasteiger partial charge in [0, 0.05) is 0 Å². The van der Waals surface area contributed by atoms with E-state index < -0.39 is 5.95 Å². The number of halogens is 2. The maximum Gasteiger partial charge on any atom is 0.213 e. The van der Waals surface area contributed by atoms with Crippen LogP contribution in [0.3, 0.4) is 0 Å². The minimum Gasteiger partial charge on any atom is -0.217 e. The third kappa shape index (κ3) is 1.89. The van der Waals surface area contributed by atoms with E-state index in [1.165, 1.54) is 17.4 Å². The summed E-state index contributed by atoms with van der Waals surface area (Å²) in [6.45, 7) is 0. The van der Waals surface area contributed by atoms with E-state index in [0.717, 1.165) is 0 Å². The van der Waals surface area contributed by atoms with E-state index in [2.05, 4.69) is 31.1 Å². The summed E-state index contributed by atoms with van der Waals surface area (Å²) >= 11 is 4.49. The Morgan fingerprint density at radius 3 is 2.77 bits per heavy atom. The number of nitrogens with zero attached hydrogens (tertiary/aromatic N) is 3. The van der Waals surface area contributed by atoms with Gasteiger partial charge in [0.1, 0.15) is 5.69 Å². The molecule has 2 aromatic rings. The number of pyridine rings is 1. The number of hydrogen-bond donors (Lipinski definition) is 0. The van der Waals surface area contributed by atoms with Crippen LogP contribution < -0.4 is 0 Å². The lowest BCUT2D eigenvalue weighted by molar-refractivity contribution is 0.585. The molecule has 0 aromatic carbocycles. The fraction of sp³-hybridized carbons (Fsp3) is 0. The van der Waals surface area contributed by atoms with E-state index >= 15 is 0 Å². The molecule has 6 heteroatoms. The minimum absolute atomic E-state index is 0.503.